The summed E-state index contributed by atoms with van der Waals surface area (Å²) in [6.07, 6.45) is 7.49. The van der Waals surface area contributed by atoms with Crippen LogP contribution in [0.3, 0.4) is 0 Å². The molecule has 0 N–H and O–H groups in total. The molecule has 17 heavy (non-hydrogen) atoms. The number of nitrogens with zero attached hydrogens (tertiary/aromatic N) is 1. The van der Waals surface area contributed by atoms with Crippen LogP contribution in [0.5, 0.6) is 0 Å². The number of hydrogen-bond donors (Lipinski definition) is 0. The minimum Gasteiger partial charge on any atom is -0.339 e. The van der Waals surface area contributed by atoms with Crippen LogP contribution in [0, 0.1) is 5.92 Å². The van der Waals surface area contributed by atoms with Gasteiger partial charge in [-0.3, -0.25) is 4.79 Å². The fourth-order valence-corrected chi connectivity index (χ4v) is 4.51. The largest absolute Gasteiger partial charge is 0.339 e. The molecule has 2 aliphatic rings. The molecule has 0 aromatic heterocycles. The molecule has 1 amide bonds. The zero-order valence-corrected chi connectivity index (χ0v) is 12.8. The van der Waals surface area contributed by atoms with Crippen molar-refractivity contribution in [3.8, 4) is 0 Å². The van der Waals surface area contributed by atoms with Gasteiger partial charge < -0.3 is 4.90 Å². The number of alkyl halides is 1. The Hall–Kier alpha value is 0.300. The van der Waals surface area contributed by atoms with Crippen LogP contribution in [0.2, 0.25) is 0 Å². The van der Waals surface area contributed by atoms with Crippen molar-refractivity contribution >= 4 is 33.6 Å². The van der Waals surface area contributed by atoms with E-state index in [1.807, 2.05) is 11.8 Å². The van der Waals surface area contributed by atoms with Gasteiger partial charge >= 0.3 is 0 Å². The Labute approximate surface area is 117 Å². The van der Waals surface area contributed by atoms with E-state index in [1.54, 1.807) is 0 Å². The maximum Gasteiger partial charge on any atom is 0.226 e. The summed E-state index contributed by atoms with van der Waals surface area (Å²) in [6.45, 7) is 0.894. The first-order valence-electron chi connectivity index (χ1n) is 6.77. The molecule has 1 aliphatic heterocycles. The SMILES string of the molecule is O=C(C1CCSC1)N(CCBr)C1CCCCC1. The second kappa shape index (κ2) is 7.03. The third kappa shape index (κ3) is 3.63. The van der Waals surface area contributed by atoms with E-state index in [-0.39, 0.29) is 0 Å². The van der Waals surface area contributed by atoms with Crippen molar-refractivity contribution in [2.45, 2.75) is 44.6 Å². The molecule has 1 saturated carbocycles. The van der Waals surface area contributed by atoms with Gasteiger partial charge in [-0.2, -0.15) is 11.8 Å². The average Bonchev–Trinajstić information content (AvgIpc) is 2.90. The van der Waals surface area contributed by atoms with E-state index in [0.29, 0.717) is 17.9 Å². The smallest absolute Gasteiger partial charge is 0.226 e. The van der Waals surface area contributed by atoms with Crippen molar-refractivity contribution in [2.75, 3.05) is 23.4 Å². The van der Waals surface area contributed by atoms with Crippen molar-refractivity contribution in [1.29, 1.82) is 0 Å². The summed E-state index contributed by atoms with van der Waals surface area (Å²) < 4.78 is 0. The van der Waals surface area contributed by atoms with Gasteiger partial charge in [0.2, 0.25) is 5.91 Å². The second-order valence-electron chi connectivity index (χ2n) is 5.07. The Morgan fingerprint density at radius 1 is 1.24 bits per heavy atom. The van der Waals surface area contributed by atoms with Crippen LogP contribution < -0.4 is 0 Å². The molecule has 0 radical (unpaired) electrons. The van der Waals surface area contributed by atoms with Crippen LogP contribution in [0.25, 0.3) is 0 Å². The third-order valence-corrected chi connectivity index (χ3v) is 5.42. The Bertz CT molecular complexity index is 250. The maximum absolute atomic E-state index is 12.5. The number of amides is 1. The van der Waals surface area contributed by atoms with E-state index < -0.39 is 0 Å². The predicted octanol–water partition coefficient (Wildman–Crippen LogP) is 3.30. The molecule has 1 aliphatic carbocycles. The first kappa shape index (κ1) is 13.7. The standard InChI is InChI=1S/C13H22BrNOS/c14-7-8-15(12-4-2-1-3-5-12)13(16)11-6-9-17-10-11/h11-12H,1-10H2. The topological polar surface area (TPSA) is 20.3 Å². The lowest BCUT2D eigenvalue weighted by atomic mass is 9.93. The highest BCUT2D eigenvalue weighted by atomic mass is 79.9. The Morgan fingerprint density at radius 2 is 2.00 bits per heavy atom. The summed E-state index contributed by atoms with van der Waals surface area (Å²) in [6, 6.07) is 0.527. The van der Waals surface area contributed by atoms with Crippen molar-refractivity contribution in [3.05, 3.63) is 0 Å². The first-order chi connectivity index (χ1) is 8.33. The molecular formula is C13H22BrNOS. The molecular weight excluding hydrogens is 298 g/mol. The number of carbonyl (C=O) groups excluding carboxylic acids is 1. The van der Waals surface area contributed by atoms with Gasteiger partial charge in [0.1, 0.15) is 0 Å². The van der Waals surface area contributed by atoms with Gasteiger partial charge in [0.25, 0.3) is 0 Å². The minimum atomic E-state index is 0.306. The van der Waals surface area contributed by atoms with Crippen molar-refractivity contribution in [3.63, 3.8) is 0 Å². The number of carbonyl (C=O) groups is 1. The van der Waals surface area contributed by atoms with Gasteiger partial charge in [-0.15, -0.1) is 0 Å². The average molecular weight is 320 g/mol. The molecule has 0 aromatic rings. The first-order valence-corrected chi connectivity index (χ1v) is 9.04. The molecule has 1 saturated heterocycles. The van der Waals surface area contributed by atoms with Crippen LogP contribution in [-0.2, 0) is 4.79 Å². The summed E-state index contributed by atoms with van der Waals surface area (Å²) in [4.78, 5) is 14.7. The molecule has 4 heteroatoms. The van der Waals surface area contributed by atoms with Crippen molar-refractivity contribution < 1.29 is 4.79 Å². The van der Waals surface area contributed by atoms with Gasteiger partial charge in [-0.05, 0) is 25.0 Å². The third-order valence-electron chi connectivity index (χ3n) is 3.90. The molecule has 2 nitrogen and oxygen atoms in total. The van der Waals surface area contributed by atoms with Gasteiger partial charge in [-0.1, -0.05) is 35.2 Å². The molecule has 1 heterocycles. The van der Waals surface area contributed by atoms with Gasteiger partial charge in [-0.25, -0.2) is 0 Å². The zero-order valence-electron chi connectivity index (χ0n) is 10.4. The highest BCUT2D eigenvalue weighted by molar-refractivity contribution is 9.09. The molecule has 2 fully saturated rings. The van der Waals surface area contributed by atoms with Crippen LogP contribution in [-0.4, -0.2) is 40.2 Å². The summed E-state index contributed by atoms with van der Waals surface area (Å²) in [7, 11) is 0. The predicted molar refractivity (Wildman–Crippen MR) is 77.8 cm³/mol. The van der Waals surface area contributed by atoms with E-state index in [1.165, 1.54) is 37.9 Å². The van der Waals surface area contributed by atoms with Gasteiger partial charge in [0, 0.05) is 29.6 Å². The summed E-state index contributed by atoms with van der Waals surface area (Å²) >= 11 is 5.43. The van der Waals surface area contributed by atoms with E-state index in [2.05, 4.69) is 20.8 Å². The lowest BCUT2D eigenvalue weighted by Crippen LogP contribution is -2.45. The fraction of sp³-hybridized carbons (Fsp3) is 0.923. The zero-order chi connectivity index (χ0) is 12.1. The molecule has 2 rings (SSSR count). The summed E-state index contributed by atoms with van der Waals surface area (Å²) in [5, 5.41) is 0.912. The number of halogens is 1. The van der Waals surface area contributed by atoms with E-state index in [9.17, 15) is 4.79 Å². The molecule has 1 unspecified atom stereocenters. The van der Waals surface area contributed by atoms with Crippen LogP contribution >= 0.6 is 27.7 Å². The Balaban J connectivity index is 1.96. The van der Waals surface area contributed by atoms with Crippen LogP contribution in [0.4, 0.5) is 0 Å². The lowest BCUT2D eigenvalue weighted by Gasteiger charge is -2.35. The highest BCUT2D eigenvalue weighted by Crippen LogP contribution is 2.29. The monoisotopic (exact) mass is 319 g/mol. The van der Waals surface area contributed by atoms with Crippen molar-refractivity contribution in [1.82, 2.24) is 4.90 Å². The lowest BCUT2D eigenvalue weighted by molar-refractivity contribution is -0.137. The highest BCUT2D eigenvalue weighted by Gasteiger charge is 2.31. The molecule has 0 spiro atoms. The number of hydrogen-bond acceptors (Lipinski definition) is 2. The summed E-state index contributed by atoms with van der Waals surface area (Å²) in [5.41, 5.74) is 0. The normalized spacial score (nSPS) is 26.1. The molecule has 1 atom stereocenters. The quantitative estimate of drug-likeness (QED) is 0.741. The maximum atomic E-state index is 12.5. The minimum absolute atomic E-state index is 0.306. The molecule has 0 aromatic carbocycles. The Kier molecular flexibility index (Phi) is 5.67. The summed E-state index contributed by atoms with van der Waals surface area (Å²) in [5.74, 6) is 2.95. The second-order valence-corrected chi connectivity index (χ2v) is 7.02. The van der Waals surface area contributed by atoms with Gasteiger partial charge in [0.05, 0.1) is 0 Å². The van der Waals surface area contributed by atoms with E-state index in [0.717, 1.165) is 24.0 Å². The number of rotatable bonds is 4. The molecule has 0 bridgehead atoms. The van der Waals surface area contributed by atoms with E-state index in [4.69, 9.17) is 0 Å². The molecule has 98 valence electrons. The van der Waals surface area contributed by atoms with Gasteiger partial charge in [0.15, 0.2) is 0 Å². The van der Waals surface area contributed by atoms with Crippen LogP contribution in [0.1, 0.15) is 38.5 Å². The fourth-order valence-electron chi connectivity index (χ4n) is 2.92. The van der Waals surface area contributed by atoms with E-state index >= 15 is 0 Å². The van der Waals surface area contributed by atoms with Crippen LogP contribution in [0.15, 0.2) is 0 Å². The number of thioether (sulfide) groups is 1. The van der Waals surface area contributed by atoms with Crippen molar-refractivity contribution in [2.24, 2.45) is 5.92 Å². The Morgan fingerprint density at radius 3 is 2.59 bits per heavy atom.